The second-order valence-electron chi connectivity index (χ2n) is 13.4. The van der Waals surface area contributed by atoms with Gasteiger partial charge in [0.1, 0.15) is 13.1 Å². The summed E-state index contributed by atoms with van der Waals surface area (Å²) in [5, 5.41) is 19.9. The van der Waals surface area contributed by atoms with Gasteiger partial charge in [-0.15, -0.1) is 0 Å². The molecule has 0 saturated carbocycles. The fourth-order valence-corrected chi connectivity index (χ4v) is 10.0. The molecule has 0 aliphatic carbocycles. The van der Waals surface area contributed by atoms with Gasteiger partial charge in [0.05, 0.1) is 54.8 Å². The smallest absolute Gasteiger partial charge is 0.324 e. The Morgan fingerprint density at radius 3 is 1.00 bits per heavy atom. The van der Waals surface area contributed by atoms with Crippen LogP contribution in [0, 0.1) is 0 Å². The molecule has 2 aliphatic rings. The van der Waals surface area contributed by atoms with Crippen LogP contribution in [0.2, 0.25) is 0 Å². The van der Waals surface area contributed by atoms with Crippen LogP contribution in [0.4, 0.5) is 22.7 Å². The number of hydrogen-bond donors (Lipinski definition) is 2. The highest BCUT2D eigenvalue weighted by Crippen LogP contribution is 2.39. The monoisotopic (exact) mass is 844 g/mol. The van der Waals surface area contributed by atoms with E-state index in [1.54, 1.807) is 24.3 Å². The van der Waals surface area contributed by atoms with Gasteiger partial charge in [-0.3, -0.25) is 37.4 Å². The standard InChI is InChI=1S/C42H28N4O12S2/c47-37(48)23-43(59(55,56)27-17-13-25(14-18-27)45-39(51)31-9-3-4-10-32(31)40(45)52)35-21-22-36(30-8-2-1-7-29(30)35)44(24-38(49)50)60(57,58)28-19-15-26(16-20-28)46-41(53)33-11-5-6-12-34(33)42(46)54/h1-22H,23-24H2,(H,47,48)(H,49,50). The van der Waals surface area contributed by atoms with Gasteiger partial charge in [0.15, 0.2) is 0 Å². The normalized spacial score (nSPS) is 13.7. The second kappa shape index (κ2) is 14.6. The third kappa shape index (κ3) is 6.39. The molecule has 2 N–H and O–H groups in total. The maximum atomic E-state index is 14.3. The Morgan fingerprint density at radius 2 is 0.717 bits per heavy atom. The van der Waals surface area contributed by atoms with Crippen molar-refractivity contribution < 1.29 is 55.8 Å². The first kappa shape index (κ1) is 39.1. The lowest BCUT2D eigenvalue weighted by atomic mass is 10.1. The molecule has 0 radical (unpaired) electrons. The van der Waals surface area contributed by atoms with Crippen LogP contribution in [0.25, 0.3) is 10.8 Å². The molecule has 18 heteroatoms. The van der Waals surface area contributed by atoms with Crippen molar-refractivity contribution in [2.75, 3.05) is 31.5 Å². The van der Waals surface area contributed by atoms with E-state index in [-0.39, 0.29) is 55.8 Å². The van der Waals surface area contributed by atoms with E-state index in [4.69, 9.17) is 0 Å². The van der Waals surface area contributed by atoms with E-state index in [0.29, 0.717) is 8.61 Å². The average Bonchev–Trinajstić information content (AvgIpc) is 3.65. The summed E-state index contributed by atoms with van der Waals surface area (Å²) in [7, 11) is -9.47. The van der Waals surface area contributed by atoms with Crippen molar-refractivity contribution in [2.24, 2.45) is 0 Å². The molecule has 0 aromatic heterocycles. The minimum atomic E-state index is -4.74. The molecule has 0 spiro atoms. The highest BCUT2D eigenvalue weighted by molar-refractivity contribution is 7.93. The zero-order valence-corrected chi connectivity index (χ0v) is 32.3. The summed E-state index contributed by atoms with van der Waals surface area (Å²) in [6, 6.07) is 29.8. The number of aliphatic carboxylic acids is 2. The molecule has 0 atom stereocenters. The van der Waals surface area contributed by atoms with E-state index >= 15 is 0 Å². The lowest BCUT2D eigenvalue weighted by Crippen LogP contribution is -2.37. The minimum Gasteiger partial charge on any atom is -0.480 e. The number of carbonyl (C=O) groups excluding carboxylic acids is 4. The van der Waals surface area contributed by atoms with E-state index < -0.39 is 78.5 Å². The van der Waals surface area contributed by atoms with Gasteiger partial charge < -0.3 is 10.2 Å². The highest BCUT2D eigenvalue weighted by Gasteiger charge is 2.39. The first-order valence-electron chi connectivity index (χ1n) is 17.8. The van der Waals surface area contributed by atoms with Gasteiger partial charge >= 0.3 is 11.9 Å². The molecule has 6 aromatic carbocycles. The molecule has 2 aliphatic heterocycles. The summed E-state index contributed by atoms with van der Waals surface area (Å²) in [5.74, 6) is -5.53. The average molecular weight is 845 g/mol. The van der Waals surface area contributed by atoms with E-state index in [1.807, 2.05) is 0 Å². The van der Waals surface area contributed by atoms with Gasteiger partial charge in [-0.2, -0.15) is 0 Å². The van der Waals surface area contributed by atoms with Crippen LogP contribution in [0.15, 0.2) is 143 Å². The van der Waals surface area contributed by atoms with Gasteiger partial charge in [-0.25, -0.2) is 26.6 Å². The number of fused-ring (bicyclic) bond motifs is 3. The number of anilines is 4. The van der Waals surface area contributed by atoms with Crippen molar-refractivity contribution in [2.45, 2.75) is 9.79 Å². The van der Waals surface area contributed by atoms with Crippen molar-refractivity contribution >= 4 is 89.1 Å². The summed E-state index contributed by atoms with van der Waals surface area (Å²) >= 11 is 0. The lowest BCUT2D eigenvalue weighted by Gasteiger charge is -2.28. The van der Waals surface area contributed by atoms with Crippen LogP contribution in [-0.2, 0) is 29.6 Å². The Hall–Kier alpha value is -7.70. The molecule has 60 heavy (non-hydrogen) atoms. The number of nitrogens with zero attached hydrogens (tertiary/aromatic N) is 4. The Bertz CT molecular complexity index is 2800. The Balaban J connectivity index is 1.15. The molecule has 2 heterocycles. The molecule has 300 valence electrons. The van der Waals surface area contributed by atoms with Crippen LogP contribution in [-0.4, -0.2) is 75.7 Å². The number of imide groups is 2. The summed E-state index contributed by atoms with van der Waals surface area (Å²) in [4.78, 5) is 77.6. The SMILES string of the molecule is O=C(O)CN(c1ccc(N(CC(=O)O)S(=O)(=O)c2ccc(N3C(=O)c4ccccc4C3=O)cc2)c2ccccc12)S(=O)(=O)c1ccc(N2C(=O)c3ccccc3C2=O)cc1. The minimum absolute atomic E-state index is 0.0361. The zero-order valence-electron chi connectivity index (χ0n) is 30.7. The third-order valence-corrected chi connectivity index (χ3v) is 13.5. The van der Waals surface area contributed by atoms with E-state index in [0.717, 1.165) is 46.2 Å². The highest BCUT2D eigenvalue weighted by atomic mass is 32.2. The van der Waals surface area contributed by atoms with Crippen molar-refractivity contribution in [3.05, 3.63) is 156 Å². The van der Waals surface area contributed by atoms with Gasteiger partial charge in [0.2, 0.25) is 0 Å². The van der Waals surface area contributed by atoms with Crippen LogP contribution in [0.3, 0.4) is 0 Å². The molecule has 6 aromatic rings. The number of carboxylic acids is 2. The van der Waals surface area contributed by atoms with Crippen LogP contribution >= 0.6 is 0 Å². The summed E-state index contributed by atoms with van der Waals surface area (Å²) in [6.07, 6.45) is 0. The van der Waals surface area contributed by atoms with Gasteiger partial charge in [-0.05, 0) is 84.9 Å². The van der Waals surface area contributed by atoms with Gasteiger partial charge in [0, 0.05) is 10.8 Å². The van der Waals surface area contributed by atoms with E-state index in [9.17, 15) is 55.8 Å². The molecule has 0 fully saturated rings. The quantitative estimate of drug-likeness (QED) is 0.155. The van der Waals surface area contributed by atoms with Crippen molar-refractivity contribution in [3.63, 3.8) is 0 Å². The largest absolute Gasteiger partial charge is 0.480 e. The zero-order chi connectivity index (χ0) is 42.7. The maximum Gasteiger partial charge on any atom is 0.324 e. The number of carbonyl (C=O) groups is 6. The fourth-order valence-electron chi connectivity index (χ4n) is 7.18. The lowest BCUT2D eigenvalue weighted by molar-refractivity contribution is -0.136. The maximum absolute atomic E-state index is 14.3. The molecule has 4 amide bonds. The molecule has 16 nitrogen and oxygen atoms in total. The molecular formula is C42H28N4O12S2. The predicted octanol–water partition coefficient (Wildman–Crippen LogP) is 5.00. The number of benzene rings is 6. The van der Waals surface area contributed by atoms with Crippen LogP contribution in [0.1, 0.15) is 41.4 Å². The summed E-state index contributed by atoms with van der Waals surface area (Å²) < 4.78 is 58.3. The summed E-state index contributed by atoms with van der Waals surface area (Å²) in [6.45, 7) is -2.19. The number of hydrogen-bond acceptors (Lipinski definition) is 10. The van der Waals surface area contributed by atoms with Crippen LogP contribution in [0.5, 0.6) is 0 Å². The Kier molecular flexibility index (Phi) is 9.52. The van der Waals surface area contributed by atoms with E-state index in [2.05, 4.69) is 0 Å². The Labute approximate surface area is 340 Å². The number of rotatable bonds is 12. The molecule has 0 saturated heterocycles. The summed E-state index contributed by atoms with van der Waals surface area (Å²) in [5.41, 5.74) is 0.445. The number of amides is 4. The number of carboxylic acid groups (broad SMARTS) is 2. The van der Waals surface area contributed by atoms with Gasteiger partial charge in [-0.1, -0.05) is 48.5 Å². The third-order valence-electron chi connectivity index (χ3n) is 9.93. The second-order valence-corrected chi connectivity index (χ2v) is 17.2. The first-order chi connectivity index (χ1) is 28.6. The molecular weight excluding hydrogens is 817 g/mol. The van der Waals surface area contributed by atoms with Gasteiger partial charge in [0.25, 0.3) is 43.7 Å². The van der Waals surface area contributed by atoms with Crippen molar-refractivity contribution in [3.8, 4) is 0 Å². The molecule has 0 unspecified atom stereocenters. The van der Waals surface area contributed by atoms with Crippen molar-refractivity contribution in [1.82, 2.24) is 0 Å². The number of sulfonamides is 2. The fraction of sp³-hybridized carbons (Fsp3) is 0.0476. The Morgan fingerprint density at radius 1 is 0.433 bits per heavy atom. The topological polar surface area (TPSA) is 224 Å². The molecule has 0 bridgehead atoms. The first-order valence-corrected chi connectivity index (χ1v) is 20.7. The van der Waals surface area contributed by atoms with E-state index in [1.165, 1.54) is 72.8 Å². The predicted molar refractivity (Wildman–Crippen MR) is 216 cm³/mol. The van der Waals surface area contributed by atoms with Crippen molar-refractivity contribution in [1.29, 1.82) is 0 Å². The molecule has 8 rings (SSSR count). The van der Waals surface area contributed by atoms with Crippen LogP contribution < -0.4 is 18.4 Å².